The molecule has 2 aromatic rings. The topological polar surface area (TPSA) is 17.0 Å². The Bertz CT molecular complexity index is 496. The summed E-state index contributed by atoms with van der Waals surface area (Å²) in [7, 11) is 0. The van der Waals surface area contributed by atoms with Crippen molar-refractivity contribution in [3.63, 3.8) is 0 Å². The molecule has 1 aromatic heterocycles. The maximum atomic E-state index is 3.23. The molecule has 2 nitrogen and oxygen atoms in total. The molecule has 0 bridgehead atoms. The molecule has 1 unspecified atom stereocenters. The first-order valence-electron chi connectivity index (χ1n) is 5.41. The number of benzene rings is 1. The Kier molecular flexibility index (Phi) is 1.98. The Morgan fingerprint density at radius 1 is 1.20 bits per heavy atom. The molecule has 0 aliphatic carbocycles. The highest BCUT2D eigenvalue weighted by Gasteiger charge is 2.11. The van der Waals surface area contributed by atoms with Crippen molar-refractivity contribution < 1.29 is 0 Å². The number of hydrogen-bond acceptors (Lipinski definition) is 1. The van der Waals surface area contributed by atoms with Crippen LogP contribution in [0.5, 0.6) is 0 Å². The zero-order valence-electron chi connectivity index (χ0n) is 8.56. The van der Waals surface area contributed by atoms with Crippen molar-refractivity contribution in [2.24, 2.45) is 0 Å². The minimum atomic E-state index is 0.506. The van der Waals surface area contributed by atoms with Gasteiger partial charge in [0.1, 0.15) is 0 Å². The number of para-hydroxylation sites is 1. The van der Waals surface area contributed by atoms with E-state index in [9.17, 15) is 0 Å². The molecule has 2 heterocycles. The number of allylic oxidation sites excluding steroid dienone is 1. The van der Waals surface area contributed by atoms with E-state index in [1.54, 1.807) is 0 Å². The fourth-order valence-electron chi connectivity index (χ4n) is 2.22. The Morgan fingerprint density at radius 2 is 2.13 bits per heavy atom. The summed E-state index contributed by atoms with van der Waals surface area (Å²) in [6, 6.07) is 11.2. The van der Waals surface area contributed by atoms with Gasteiger partial charge in [0.2, 0.25) is 0 Å². The molecule has 0 saturated heterocycles. The summed E-state index contributed by atoms with van der Waals surface area (Å²) < 4.78 is 2.35. The zero-order valence-corrected chi connectivity index (χ0v) is 8.56. The third-order valence-electron chi connectivity index (χ3n) is 3.01. The molecule has 1 atom stereocenters. The van der Waals surface area contributed by atoms with Crippen LogP contribution in [-0.2, 0) is 0 Å². The van der Waals surface area contributed by atoms with E-state index in [2.05, 4.69) is 58.7 Å². The van der Waals surface area contributed by atoms with Gasteiger partial charge in [0, 0.05) is 18.3 Å². The lowest BCUT2D eigenvalue weighted by molar-refractivity contribution is 0.536. The SMILES string of the molecule is C1=CC(n2ccc3ccccc32)CCN1. The van der Waals surface area contributed by atoms with Crippen LogP contribution in [0.15, 0.2) is 48.8 Å². The van der Waals surface area contributed by atoms with Gasteiger partial charge in [-0.15, -0.1) is 0 Å². The molecule has 2 heteroatoms. The summed E-state index contributed by atoms with van der Waals surface area (Å²) in [5, 5.41) is 4.55. The highest BCUT2D eigenvalue weighted by molar-refractivity contribution is 5.80. The third kappa shape index (κ3) is 1.42. The van der Waals surface area contributed by atoms with Crippen molar-refractivity contribution in [2.45, 2.75) is 12.5 Å². The average Bonchev–Trinajstić information content (AvgIpc) is 2.74. The van der Waals surface area contributed by atoms with E-state index in [0.717, 1.165) is 13.0 Å². The van der Waals surface area contributed by atoms with E-state index >= 15 is 0 Å². The van der Waals surface area contributed by atoms with E-state index in [4.69, 9.17) is 0 Å². The first kappa shape index (κ1) is 8.60. The zero-order chi connectivity index (χ0) is 10.1. The maximum absolute atomic E-state index is 3.23. The van der Waals surface area contributed by atoms with Crippen molar-refractivity contribution in [3.05, 3.63) is 48.8 Å². The molecule has 0 spiro atoms. The Balaban J connectivity index is 2.10. The lowest BCUT2D eigenvalue weighted by Gasteiger charge is -2.20. The molecule has 0 radical (unpaired) electrons. The first-order chi connectivity index (χ1) is 7.45. The molecule has 0 saturated carbocycles. The second-order valence-corrected chi connectivity index (χ2v) is 3.95. The minimum Gasteiger partial charge on any atom is -0.391 e. The first-order valence-corrected chi connectivity index (χ1v) is 5.41. The van der Waals surface area contributed by atoms with Gasteiger partial charge < -0.3 is 9.88 Å². The number of nitrogens with one attached hydrogen (secondary N) is 1. The molecule has 1 aromatic carbocycles. The van der Waals surface area contributed by atoms with Gasteiger partial charge in [-0.1, -0.05) is 18.2 Å². The van der Waals surface area contributed by atoms with Crippen molar-refractivity contribution in [1.82, 2.24) is 9.88 Å². The molecule has 3 rings (SSSR count). The lowest BCUT2D eigenvalue weighted by Crippen LogP contribution is -2.19. The predicted octanol–water partition coefficient (Wildman–Crippen LogP) is 2.69. The van der Waals surface area contributed by atoms with Crippen LogP contribution in [0.3, 0.4) is 0 Å². The van der Waals surface area contributed by atoms with Gasteiger partial charge in [-0.05, 0) is 36.2 Å². The molecule has 1 aliphatic rings. The van der Waals surface area contributed by atoms with E-state index in [-0.39, 0.29) is 0 Å². The second-order valence-electron chi connectivity index (χ2n) is 3.95. The molecule has 0 fully saturated rings. The largest absolute Gasteiger partial charge is 0.391 e. The summed E-state index contributed by atoms with van der Waals surface area (Å²) in [5.41, 5.74) is 1.33. The lowest BCUT2D eigenvalue weighted by atomic mass is 10.1. The van der Waals surface area contributed by atoms with E-state index in [0.29, 0.717) is 6.04 Å². The molecule has 0 amide bonds. The standard InChI is InChI=1S/C13H14N2/c1-2-4-13-11(3-1)7-10-15(13)12-5-8-14-9-6-12/h1-5,7-8,10,12,14H,6,9H2. The normalized spacial score (nSPS) is 20.4. The molecular weight excluding hydrogens is 184 g/mol. The van der Waals surface area contributed by atoms with Crippen LogP contribution in [-0.4, -0.2) is 11.1 Å². The van der Waals surface area contributed by atoms with Crippen LogP contribution in [0.1, 0.15) is 12.5 Å². The Morgan fingerprint density at radius 3 is 3.00 bits per heavy atom. The van der Waals surface area contributed by atoms with Gasteiger partial charge in [0.05, 0.1) is 6.04 Å². The van der Waals surface area contributed by atoms with Gasteiger partial charge in [-0.25, -0.2) is 0 Å². The van der Waals surface area contributed by atoms with Gasteiger partial charge in [-0.3, -0.25) is 0 Å². The van der Waals surface area contributed by atoms with Crippen LogP contribution in [0, 0.1) is 0 Å². The summed E-state index contributed by atoms with van der Waals surface area (Å²) >= 11 is 0. The van der Waals surface area contributed by atoms with Crippen molar-refractivity contribution in [2.75, 3.05) is 6.54 Å². The van der Waals surface area contributed by atoms with Crippen LogP contribution in [0.4, 0.5) is 0 Å². The van der Waals surface area contributed by atoms with Crippen LogP contribution in [0.25, 0.3) is 10.9 Å². The second kappa shape index (κ2) is 3.46. The number of aromatic nitrogens is 1. The average molecular weight is 198 g/mol. The van der Waals surface area contributed by atoms with Gasteiger partial charge in [-0.2, -0.15) is 0 Å². The van der Waals surface area contributed by atoms with Crippen molar-refractivity contribution >= 4 is 10.9 Å². The monoisotopic (exact) mass is 198 g/mol. The van der Waals surface area contributed by atoms with Crippen LogP contribution < -0.4 is 5.32 Å². The highest BCUT2D eigenvalue weighted by Crippen LogP contribution is 2.23. The smallest absolute Gasteiger partial charge is 0.0550 e. The molecule has 76 valence electrons. The summed E-state index contributed by atoms with van der Waals surface area (Å²) in [5.74, 6) is 0. The van der Waals surface area contributed by atoms with Gasteiger partial charge in [0.15, 0.2) is 0 Å². The van der Waals surface area contributed by atoms with E-state index < -0.39 is 0 Å². The quantitative estimate of drug-likeness (QED) is 0.745. The fraction of sp³-hybridized carbons (Fsp3) is 0.231. The van der Waals surface area contributed by atoms with Crippen LogP contribution in [0.2, 0.25) is 0 Å². The molecular formula is C13H14N2. The van der Waals surface area contributed by atoms with Gasteiger partial charge >= 0.3 is 0 Å². The third-order valence-corrected chi connectivity index (χ3v) is 3.01. The molecule has 15 heavy (non-hydrogen) atoms. The summed E-state index contributed by atoms with van der Waals surface area (Å²) in [6.07, 6.45) is 7.64. The number of nitrogens with zero attached hydrogens (tertiary/aromatic N) is 1. The maximum Gasteiger partial charge on any atom is 0.0550 e. The molecule has 1 aliphatic heterocycles. The Hall–Kier alpha value is -1.70. The number of hydrogen-bond donors (Lipinski definition) is 1. The van der Waals surface area contributed by atoms with Crippen molar-refractivity contribution in [3.8, 4) is 0 Å². The highest BCUT2D eigenvalue weighted by atomic mass is 15.0. The summed E-state index contributed by atoms with van der Waals surface area (Å²) in [4.78, 5) is 0. The fourth-order valence-corrected chi connectivity index (χ4v) is 2.22. The van der Waals surface area contributed by atoms with Crippen LogP contribution >= 0.6 is 0 Å². The van der Waals surface area contributed by atoms with Gasteiger partial charge in [0.25, 0.3) is 0 Å². The van der Waals surface area contributed by atoms with E-state index in [1.165, 1.54) is 10.9 Å². The van der Waals surface area contributed by atoms with Crippen molar-refractivity contribution in [1.29, 1.82) is 0 Å². The predicted molar refractivity (Wildman–Crippen MR) is 62.7 cm³/mol. The Labute approximate surface area is 89.2 Å². The summed E-state index contributed by atoms with van der Waals surface area (Å²) in [6.45, 7) is 1.06. The van der Waals surface area contributed by atoms with E-state index in [1.807, 2.05) is 0 Å². The minimum absolute atomic E-state index is 0.506. The molecule has 1 N–H and O–H groups in total. The number of fused-ring (bicyclic) bond motifs is 1. The number of rotatable bonds is 1.